The monoisotopic (exact) mass is 231 g/mol. The number of rotatable bonds is 5. The van der Waals surface area contributed by atoms with Gasteiger partial charge in [-0.25, -0.2) is 4.68 Å². The molecule has 0 saturated carbocycles. The predicted octanol–water partition coefficient (Wildman–Crippen LogP) is 1.73. The number of hydrogen-bond donors (Lipinski definition) is 2. The van der Waals surface area contributed by atoms with Crippen molar-refractivity contribution < 1.29 is 5.11 Å². The molecule has 0 spiro atoms. The van der Waals surface area contributed by atoms with Gasteiger partial charge in [0.05, 0.1) is 5.69 Å². The zero-order valence-electron chi connectivity index (χ0n) is 9.93. The molecular weight excluding hydrogens is 214 g/mol. The third-order valence-electron chi connectivity index (χ3n) is 2.66. The topological polar surface area (TPSA) is 50.1 Å². The van der Waals surface area contributed by atoms with Crippen molar-refractivity contribution in [3.05, 3.63) is 42.2 Å². The van der Waals surface area contributed by atoms with E-state index < -0.39 is 0 Å². The molecule has 2 rings (SSSR count). The number of aromatic nitrogens is 2. The summed E-state index contributed by atoms with van der Waals surface area (Å²) in [4.78, 5) is 0. The lowest BCUT2D eigenvalue weighted by molar-refractivity contribution is 0.474. The molecule has 17 heavy (non-hydrogen) atoms. The van der Waals surface area contributed by atoms with Crippen LogP contribution in [0.5, 0.6) is 5.75 Å². The number of phenols is 1. The molecule has 0 atom stereocenters. The molecule has 0 aliphatic carbocycles. The molecule has 2 N–H and O–H groups in total. The van der Waals surface area contributed by atoms with E-state index in [0.717, 1.165) is 30.8 Å². The maximum atomic E-state index is 9.47. The Morgan fingerprint density at radius 1 is 1.35 bits per heavy atom. The molecule has 0 unspecified atom stereocenters. The largest absolute Gasteiger partial charge is 0.508 e. The van der Waals surface area contributed by atoms with E-state index in [4.69, 9.17) is 0 Å². The summed E-state index contributed by atoms with van der Waals surface area (Å²) in [7, 11) is 1.95. The minimum Gasteiger partial charge on any atom is -0.508 e. The van der Waals surface area contributed by atoms with Crippen LogP contribution in [0.4, 0.5) is 0 Å². The van der Waals surface area contributed by atoms with E-state index in [0.29, 0.717) is 0 Å². The Morgan fingerprint density at radius 2 is 2.24 bits per heavy atom. The van der Waals surface area contributed by atoms with Crippen LogP contribution in [0, 0.1) is 0 Å². The van der Waals surface area contributed by atoms with Crippen LogP contribution in [0.25, 0.3) is 5.69 Å². The Balaban J connectivity index is 2.18. The van der Waals surface area contributed by atoms with E-state index >= 15 is 0 Å². The minimum absolute atomic E-state index is 0.263. The molecule has 0 amide bonds. The summed E-state index contributed by atoms with van der Waals surface area (Å²) in [5, 5.41) is 16.9. The van der Waals surface area contributed by atoms with E-state index in [2.05, 4.69) is 10.4 Å². The fraction of sp³-hybridized carbons (Fsp3) is 0.308. The Hall–Kier alpha value is -1.81. The summed E-state index contributed by atoms with van der Waals surface area (Å²) >= 11 is 0. The van der Waals surface area contributed by atoms with Gasteiger partial charge in [0, 0.05) is 18.0 Å². The number of nitrogens with one attached hydrogen (secondary N) is 1. The molecule has 1 aromatic heterocycles. The number of phenolic OH excluding ortho intramolecular Hbond substituents is 1. The minimum atomic E-state index is 0.263. The summed E-state index contributed by atoms with van der Waals surface area (Å²) in [6.45, 7) is 0.991. The van der Waals surface area contributed by atoms with E-state index in [1.165, 1.54) is 0 Å². The average molecular weight is 231 g/mol. The molecule has 4 heteroatoms. The number of aromatic hydroxyl groups is 1. The molecule has 1 aromatic carbocycles. The number of hydrogen-bond acceptors (Lipinski definition) is 3. The fourth-order valence-corrected chi connectivity index (χ4v) is 1.82. The van der Waals surface area contributed by atoms with Crippen LogP contribution in [0.1, 0.15) is 12.1 Å². The number of aryl methyl sites for hydroxylation is 1. The van der Waals surface area contributed by atoms with Gasteiger partial charge in [0.1, 0.15) is 5.75 Å². The molecule has 4 nitrogen and oxygen atoms in total. The standard InChI is InChI=1S/C13H17N3O/c1-14-8-3-5-11-7-9-15-16(11)12-4-2-6-13(17)10-12/h2,4,6-7,9-10,14,17H,3,5,8H2,1H3. The van der Waals surface area contributed by atoms with Crippen molar-refractivity contribution in [2.45, 2.75) is 12.8 Å². The Kier molecular flexibility index (Phi) is 3.77. The van der Waals surface area contributed by atoms with Gasteiger partial charge < -0.3 is 10.4 Å². The summed E-state index contributed by atoms with van der Waals surface area (Å²) in [5.41, 5.74) is 2.06. The average Bonchev–Trinajstić information content (AvgIpc) is 2.78. The summed E-state index contributed by atoms with van der Waals surface area (Å²) in [5.74, 6) is 0.263. The number of nitrogens with zero attached hydrogens (tertiary/aromatic N) is 2. The van der Waals surface area contributed by atoms with Crippen LogP contribution in [0.2, 0.25) is 0 Å². The second kappa shape index (κ2) is 5.50. The van der Waals surface area contributed by atoms with Crippen molar-refractivity contribution in [2.24, 2.45) is 0 Å². The number of benzene rings is 1. The first-order valence-corrected chi connectivity index (χ1v) is 5.78. The van der Waals surface area contributed by atoms with Gasteiger partial charge in [-0.3, -0.25) is 0 Å². The molecule has 2 aromatic rings. The summed E-state index contributed by atoms with van der Waals surface area (Å²) in [6, 6.07) is 9.15. The highest BCUT2D eigenvalue weighted by molar-refractivity contribution is 5.39. The van der Waals surface area contributed by atoms with Crippen molar-refractivity contribution in [1.29, 1.82) is 0 Å². The van der Waals surface area contributed by atoms with Crippen molar-refractivity contribution in [1.82, 2.24) is 15.1 Å². The molecule has 90 valence electrons. The van der Waals surface area contributed by atoms with Crippen LogP contribution in [-0.2, 0) is 6.42 Å². The zero-order valence-corrected chi connectivity index (χ0v) is 9.93. The molecule has 0 saturated heterocycles. The highest BCUT2D eigenvalue weighted by atomic mass is 16.3. The van der Waals surface area contributed by atoms with Gasteiger partial charge in [0.2, 0.25) is 0 Å². The van der Waals surface area contributed by atoms with Crippen LogP contribution in [-0.4, -0.2) is 28.5 Å². The van der Waals surface area contributed by atoms with Crippen LogP contribution < -0.4 is 5.32 Å². The quantitative estimate of drug-likeness (QED) is 0.770. The normalized spacial score (nSPS) is 10.6. The van der Waals surface area contributed by atoms with E-state index in [1.54, 1.807) is 18.3 Å². The van der Waals surface area contributed by atoms with Gasteiger partial charge in [0.25, 0.3) is 0 Å². The molecular formula is C13H17N3O. The second-order valence-corrected chi connectivity index (χ2v) is 3.96. The van der Waals surface area contributed by atoms with Crippen LogP contribution in [0.3, 0.4) is 0 Å². The maximum absolute atomic E-state index is 9.47. The van der Waals surface area contributed by atoms with Crippen molar-refractivity contribution in [3.8, 4) is 11.4 Å². The van der Waals surface area contributed by atoms with Gasteiger partial charge in [-0.15, -0.1) is 0 Å². The SMILES string of the molecule is CNCCCc1ccnn1-c1cccc(O)c1. The lowest BCUT2D eigenvalue weighted by atomic mass is 10.2. The molecule has 1 heterocycles. The Labute approximate surface area is 101 Å². The first-order valence-electron chi connectivity index (χ1n) is 5.78. The third-order valence-corrected chi connectivity index (χ3v) is 2.66. The fourth-order valence-electron chi connectivity index (χ4n) is 1.82. The van der Waals surface area contributed by atoms with Gasteiger partial charge in [-0.2, -0.15) is 5.10 Å². The van der Waals surface area contributed by atoms with Gasteiger partial charge >= 0.3 is 0 Å². The highest BCUT2D eigenvalue weighted by Gasteiger charge is 2.04. The zero-order chi connectivity index (χ0) is 12.1. The van der Waals surface area contributed by atoms with E-state index in [9.17, 15) is 5.11 Å². The van der Waals surface area contributed by atoms with E-state index in [-0.39, 0.29) is 5.75 Å². The van der Waals surface area contributed by atoms with Gasteiger partial charge in [0.15, 0.2) is 0 Å². The Morgan fingerprint density at radius 3 is 3.00 bits per heavy atom. The molecule has 0 aliphatic heterocycles. The van der Waals surface area contributed by atoms with Crippen LogP contribution >= 0.6 is 0 Å². The molecule has 0 bridgehead atoms. The molecule has 0 radical (unpaired) electrons. The first-order chi connectivity index (χ1) is 8.31. The molecule has 0 aliphatic rings. The second-order valence-electron chi connectivity index (χ2n) is 3.96. The lowest BCUT2D eigenvalue weighted by Gasteiger charge is -2.07. The third kappa shape index (κ3) is 2.85. The van der Waals surface area contributed by atoms with Crippen molar-refractivity contribution in [3.63, 3.8) is 0 Å². The van der Waals surface area contributed by atoms with Crippen molar-refractivity contribution >= 4 is 0 Å². The van der Waals surface area contributed by atoms with Gasteiger partial charge in [-0.05, 0) is 44.6 Å². The molecule has 0 fully saturated rings. The smallest absolute Gasteiger partial charge is 0.117 e. The lowest BCUT2D eigenvalue weighted by Crippen LogP contribution is -2.10. The van der Waals surface area contributed by atoms with E-state index in [1.807, 2.05) is 29.9 Å². The summed E-state index contributed by atoms with van der Waals surface area (Å²) in [6.07, 6.45) is 3.83. The van der Waals surface area contributed by atoms with Gasteiger partial charge in [-0.1, -0.05) is 6.07 Å². The van der Waals surface area contributed by atoms with Crippen molar-refractivity contribution in [2.75, 3.05) is 13.6 Å². The maximum Gasteiger partial charge on any atom is 0.117 e. The highest BCUT2D eigenvalue weighted by Crippen LogP contribution is 2.16. The summed E-state index contributed by atoms with van der Waals surface area (Å²) < 4.78 is 1.87. The van der Waals surface area contributed by atoms with Crippen LogP contribution in [0.15, 0.2) is 36.5 Å². The predicted molar refractivity (Wildman–Crippen MR) is 67.5 cm³/mol. The first kappa shape index (κ1) is 11.7. The Bertz CT molecular complexity index is 479.